The molecule has 112 valence electrons. The Morgan fingerprint density at radius 2 is 2.05 bits per heavy atom. The maximum atomic E-state index is 12.0. The summed E-state index contributed by atoms with van der Waals surface area (Å²) in [6.07, 6.45) is 0. The minimum Gasteiger partial charge on any atom is -0.398 e. The zero-order valence-electron chi connectivity index (χ0n) is 10.8. The Balaban J connectivity index is 3.02. The number of hydrogen-bond acceptors (Lipinski definition) is 6. The maximum absolute atomic E-state index is 12.0. The number of carbonyl (C=O) groups excluding carboxylic acids is 1. The number of nitrogens with two attached hydrogens (primary N) is 2. The third-order valence-electron chi connectivity index (χ3n) is 2.57. The normalized spacial score (nSPS) is 14.8. The number of carbonyl (C=O) groups is 1. The Morgan fingerprint density at radius 1 is 1.45 bits per heavy atom. The number of hydrogen-bond donors (Lipinski definition) is 5. The number of nitrogens with one attached hydrogen (secondary N) is 1. The molecule has 0 aromatic heterocycles. The van der Waals surface area contributed by atoms with Crippen molar-refractivity contribution in [2.45, 2.75) is 17.4 Å². The smallest absolute Gasteiger partial charge is 0.248 e. The molecule has 1 atom stereocenters. The Labute approximate surface area is 116 Å². The largest absolute Gasteiger partial charge is 0.398 e. The molecule has 0 aliphatic heterocycles. The predicted octanol–water partition coefficient (Wildman–Crippen LogP) is -1.61. The second-order valence-electron chi connectivity index (χ2n) is 4.60. The van der Waals surface area contributed by atoms with E-state index in [1.54, 1.807) is 0 Å². The number of benzene rings is 1. The van der Waals surface area contributed by atoms with E-state index < -0.39 is 28.1 Å². The third kappa shape index (κ3) is 3.90. The van der Waals surface area contributed by atoms with E-state index in [-0.39, 0.29) is 22.7 Å². The van der Waals surface area contributed by atoms with Crippen LogP contribution in [0.4, 0.5) is 5.69 Å². The molecule has 0 aliphatic carbocycles. The molecule has 8 nitrogen and oxygen atoms in total. The molecule has 0 bridgehead atoms. The minimum absolute atomic E-state index is 0.0869. The van der Waals surface area contributed by atoms with Crippen LogP contribution in [0.5, 0.6) is 0 Å². The van der Waals surface area contributed by atoms with Gasteiger partial charge in [-0.05, 0) is 25.1 Å². The quantitative estimate of drug-likeness (QED) is 0.398. The van der Waals surface area contributed by atoms with E-state index in [1.807, 2.05) is 0 Å². The van der Waals surface area contributed by atoms with Gasteiger partial charge in [-0.15, -0.1) is 0 Å². The summed E-state index contributed by atoms with van der Waals surface area (Å²) in [6.45, 7) is 0.281. The van der Waals surface area contributed by atoms with Gasteiger partial charge in [-0.3, -0.25) is 4.79 Å². The van der Waals surface area contributed by atoms with Crippen LogP contribution in [-0.4, -0.2) is 43.3 Å². The summed E-state index contributed by atoms with van der Waals surface area (Å²) >= 11 is 0. The standard InChI is InChI=1S/C11H17N3O5S/c1-11(17,6-15)5-14-20(18,19)9-3-2-7(10(13)16)4-8(9)12/h2-4,14-15,17H,5-6,12H2,1H3,(H2,13,16). The molecule has 0 saturated carbocycles. The Kier molecular flexibility index (Phi) is 4.71. The van der Waals surface area contributed by atoms with E-state index >= 15 is 0 Å². The van der Waals surface area contributed by atoms with Crippen LogP contribution in [0.1, 0.15) is 17.3 Å². The number of rotatable bonds is 6. The Bertz CT molecular complexity index is 612. The summed E-state index contributed by atoms with van der Waals surface area (Å²) in [6, 6.07) is 3.53. The summed E-state index contributed by atoms with van der Waals surface area (Å²) in [5.41, 5.74) is 8.99. The molecule has 0 saturated heterocycles. The average molecular weight is 303 g/mol. The zero-order chi connectivity index (χ0) is 15.6. The highest BCUT2D eigenvalue weighted by Gasteiger charge is 2.24. The highest BCUT2D eigenvalue weighted by Crippen LogP contribution is 2.19. The van der Waals surface area contributed by atoms with Crippen molar-refractivity contribution < 1.29 is 23.4 Å². The first-order valence-corrected chi connectivity index (χ1v) is 7.09. The number of primary amides is 1. The van der Waals surface area contributed by atoms with Gasteiger partial charge in [0, 0.05) is 12.1 Å². The van der Waals surface area contributed by atoms with Crippen LogP contribution in [0.15, 0.2) is 23.1 Å². The van der Waals surface area contributed by atoms with Gasteiger partial charge >= 0.3 is 0 Å². The fourth-order valence-electron chi connectivity index (χ4n) is 1.33. The lowest BCUT2D eigenvalue weighted by molar-refractivity contribution is 0.00681. The molecule has 1 aromatic carbocycles. The summed E-state index contributed by atoms with van der Waals surface area (Å²) in [5, 5.41) is 18.4. The van der Waals surface area contributed by atoms with E-state index in [0.717, 1.165) is 12.1 Å². The molecule has 1 amide bonds. The van der Waals surface area contributed by atoms with Crippen LogP contribution in [0.2, 0.25) is 0 Å². The molecule has 7 N–H and O–H groups in total. The molecule has 9 heteroatoms. The first-order chi connectivity index (χ1) is 9.09. The molecule has 0 radical (unpaired) electrons. The SMILES string of the molecule is CC(O)(CO)CNS(=O)(=O)c1ccc(C(N)=O)cc1N. The lowest BCUT2D eigenvalue weighted by Gasteiger charge is -2.20. The highest BCUT2D eigenvalue weighted by atomic mass is 32.2. The number of aliphatic hydroxyl groups excluding tert-OH is 1. The molecule has 20 heavy (non-hydrogen) atoms. The molecule has 1 rings (SSSR count). The van der Waals surface area contributed by atoms with Gasteiger partial charge < -0.3 is 21.7 Å². The van der Waals surface area contributed by atoms with Crippen molar-refractivity contribution in [2.75, 3.05) is 18.9 Å². The van der Waals surface area contributed by atoms with E-state index in [9.17, 15) is 18.3 Å². The molecular formula is C11H17N3O5S. The molecule has 1 aromatic rings. The maximum Gasteiger partial charge on any atom is 0.248 e. The van der Waals surface area contributed by atoms with Crippen LogP contribution < -0.4 is 16.2 Å². The zero-order valence-corrected chi connectivity index (χ0v) is 11.6. The second-order valence-corrected chi connectivity index (χ2v) is 6.33. The number of anilines is 1. The van der Waals surface area contributed by atoms with Crippen molar-refractivity contribution in [1.29, 1.82) is 0 Å². The molecule has 0 fully saturated rings. The van der Waals surface area contributed by atoms with Crippen LogP contribution in [0, 0.1) is 0 Å². The highest BCUT2D eigenvalue weighted by molar-refractivity contribution is 7.89. The summed E-state index contributed by atoms with van der Waals surface area (Å²) in [4.78, 5) is 10.7. The van der Waals surface area contributed by atoms with Crippen LogP contribution in [-0.2, 0) is 10.0 Å². The fourth-order valence-corrected chi connectivity index (χ4v) is 2.60. The van der Waals surface area contributed by atoms with Crippen molar-refractivity contribution in [3.63, 3.8) is 0 Å². The van der Waals surface area contributed by atoms with Gasteiger partial charge in [0.2, 0.25) is 15.9 Å². The van der Waals surface area contributed by atoms with Crippen molar-refractivity contribution in [1.82, 2.24) is 4.72 Å². The van der Waals surface area contributed by atoms with E-state index in [1.165, 1.54) is 13.0 Å². The molecule has 1 unspecified atom stereocenters. The second kappa shape index (κ2) is 5.75. The first-order valence-electron chi connectivity index (χ1n) is 5.61. The number of amides is 1. The first kappa shape index (κ1) is 16.4. The van der Waals surface area contributed by atoms with Crippen molar-refractivity contribution in [2.24, 2.45) is 5.73 Å². The summed E-state index contributed by atoms with van der Waals surface area (Å²) in [7, 11) is -3.97. The lowest BCUT2D eigenvalue weighted by atomic mass is 10.1. The minimum atomic E-state index is -3.97. The van der Waals surface area contributed by atoms with Gasteiger partial charge in [-0.2, -0.15) is 0 Å². The van der Waals surface area contributed by atoms with Crippen molar-refractivity contribution in [3.05, 3.63) is 23.8 Å². The van der Waals surface area contributed by atoms with E-state index in [0.29, 0.717) is 0 Å². The molecule has 0 spiro atoms. The number of aliphatic hydroxyl groups is 2. The van der Waals surface area contributed by atoms with Gasteiger partial charge in [-0.25, -0.2) is 13.1 Å². The van der Waals surface area contributed by atoms with Gasteiger partial charge in [0.05, 0.1) is 17.9 Å². The monoisotopic (exact) mass is 303 g/mol. The van der Waals surface area contributed by atoms with Crippen molar-refractivity contribution in [3.8, 4) is 0 Å². The summed E-state index contributed by atoms with van der Waals surface area (Å²) in [5.74, 6) is -0.725. The molecular weight excluding hydrogens is 286 g/mol. The topological polar surface area (TPSA) is 156 Å². The van der Waals surface area contributed by atoms with Gasteiger partial charge in [-0.1, -0.05) is 0 Å². The average Bonchev–Trinajstić information content (AvgIpc) is 2.36. The Morgan fingerprint density at radius 3 is 2.50 bits per heavy atom. The van der Waals surface area contributed by atoms with Crippen LogP contribution in [0.3, 0.4) is 0 Å². The lowest BCUT2D eigenvalue weighted by Crippen LogP contribution is -2.43. The molecule has 0 heterocycles. The fraction of sp³-hybridized carbons (Fsp3) is 0.364. The number of nitrogen functional groups attached to an aromatic ring is 1. The Hall–Kier alpha value is -1.68. The summed E-state index contributed by atoms with van der Waals surface area (Å²) < 4.78 is 26.1. The van der Waals surface area contributed by atoms with Crippen LogP contribution >= 0.6 is 0 Å². The van der Waals surface area contributed by atoms with Crippen LogP contribution in [0.25, 0.3) is 0 Å². The van der Waals surface area contributed by atoms with Gasteiger partial charge in [0.25, 0.3) is 0 Å². The van der Waals surface area contributed by atoms with Gasteiger partial charge in [0.15, 0.2) is 0 Å². The predicted molar refractivity (Wildman–Crippen MR) is 72.3 cm³/mol. The van der Waals surface area contributed by atoms with E-state index in [2.05, 4.69) is 4.72 Å². The van der Waals surface area contributed by atoms with Crippen molar-refractivity contribution >= 4 is 21.6 Å². The molecule has 0 aliphatic rings. The number of sulfonamides is 1. The third-order valence-corrected chi connectivity index (χ3v) is 4.04. The van der Waals surface area contributed by atoms with E-state index in [4.69, 9.17) is 16.6 Å². The van der Waals surface area contributed by atoms with Gasteiger partial charge in [0.1, 0.15) is 4.90 Å².